The highest BCUT2D eigenvalue weighted by atomic mass is 16.5. The Morgan fingerprint density at radius 2 is 2.14 bits per heavy atom. The second-order valence-electron chi connectivity index (χ2n) is 8.22. The van der Waals surface area contributed by atoms with E-state index in [1.807, 2.05) is 13.8 Å². The van der Waals surface area contributed by atoms with E-state index in [4.69, 9.17) is 9.84 Å². The van der Waals surface area contributed by atoms with Crippen molar-refractivity contribution in [3.63, 3.8) is 0 Å². The Morgan fingerprint density at radius 3 is 2.86 bits per heavy atom. The maximum absolute atomic E-state index is 10.5. The Hall–Kier alpha value is -1.79. The van der Waals surface area contributed by atoms with Crippen LogP contribution >= 0.6 is 0 Å². The first-order valence-corrected chi connectivity index (χ1v) is 10.7. The molecule has 2 aliphatic rings. The number of carboxylic acids is 1. The van der Waals surface area contributed by atoms with Gasteiger partial charge in [-0.1, -0.05) is 37.3 Å². The zero-order valence-electron chi connectivity index (χ0n) is 17.6. The van der Waals surface area contributed by atoms with Crippen molar-refractivity contribution in [2.75, 3.05) is 13.2 Å². The number of aliphatic carboxylic acids is 1. The third kappa shape index (κ3) is 7.52. The zero-order valence-corrected chi connectivity index (χ0v) is 17.6. The largest absolute Gasteiger partial charge is 0.481 e. The Balaban J connectivity index is 1.83. The van der Waals surface area contributed by atoms with Crippen LogP contribution in [0.5, 0.6) is 0 Å². The van der Waals surface area contributed by atoms with Crippen molar-refractivity contribution < 1.29 is 24.9 Å². The molecule has 2 fully saturated rings. The minimum Gasteiger partial charge on any atom is -0.481 e. The van der Waals surface area contributed by atoms with Crippen molar-refractivity contribution in [3.8, 4) is 23.7 Å². The maximum Gasteiger partial charge on any atom is 0.303 e. The fraction of sp³-hybridized carbons (Fsp3) is 0.708. The normalized spacial score (nSPS) is 28.8. The SMILES string of the molecule is CCC#CCC(C)[C@H](O)C#C[C@@H]1[C@H]2C/C(=C/COCCCC(=O)O)C[C@H]2C[C@H]1O. The second kappa shape index (κ2) is 12.0. The summed E-state index contributed by atoms with van der Waals surface area (Å²) in [6, 6.07) is 0. The van der Waals surface area contributed by atoms with E-state index in [2.05, 4.69) is 29.8 Å². The van der Waals surface area contributed by atoms with Crippen LogP contribution in [-0.4, -0.2) is 46.7 Å². The fourth-order valence-electron chi connectivity index (χ4n) is 4.21. The minimum absolute atomic E-state index is 0.00629. The van der Waals surface area contributed by atoms with Crippen molar-refractivity contribution in [2.45, 2.75) is 71.0 Å². The van der Waals surface area contributed by atoms with Gasteiger partial charge in [0, 0.05) is 37.7 Å². The van der Waals surface area contributed by atoms with Gasteiger partial charge in [0.15, 0.2) is 0 Å². The number of fused-ring (bicyclic) bond motifs is 1. The summed E-state index contributed by atoms with van der Waals surface area (Å²) in [4.78, 5) is 10.5. The fourth-order valence-corrected chi connectivity index (χ4v) is 4.21. The molecule has 2 aliphatic carbocycles. The van der Waals surface area contributed by atoms with E-state index in [1.54, 1.807) is 0 Å². The Labute approximate surface area is 174 Å². The van der Waals surface area contributed by atoms with Gasteiger partial charge in [-0.25, -0.2) is 0 Å². The monoisotopic (exact) mass is 402 g/mol. The van der Waals surface area contributed by atoms with Crippen molar-refractivity contribution in [1.82, 2.24) is 0 Å². The molecule has 5 heteroatoms. The molecule has 160 valence electrons. The molecular weight excluding hydrogens is 368 g/mol. The third-order valence-electron chi connectivity index (χ3n) is 5.88. The van der Waals surface area contributed by atoms with Crippen LogP contribution in [0.3, 0.4) is 0 Å². The zero-order chi connectivity index (χ0) is 21.2. The number of aliphatic hydroxyl groups is 2. The van der Waals surface area contributed by atoms with Crippen LogP contribution in [0.25, 0.3) is 0 Å². The number of aliphatic hydroxyl groups excluding tert-OH is 2. The molecule has 0 aromatic rings. The lowest BCUT2D eigenvalue weighted by Crippen LogP contribution is -2.19. The minimum atomic E-state index is -0.797. The molecule has 0 aliphatic heterocycles. The van der Waals surface area contributed by atoms with Gasteiger partial charge in [-0.3, -0.25) is 4.79 Å². The van der Waals surface area contributed by atoms with Gasteiger partial charge >= 0.3 is 5.97 Å². The average Bonchev–Trinajstić information content (AvgIpc) is 3.18. The third-order valence-corrected chi connectivity index (χ3v) is 5.88. The summed E-state index contributed by atoms with van der Waals surface area (Å²) in [6.45, 7) is 4.91. The van der Waals surface area contributed by atoms with Crippen molar-refractivity contribution >= 4 is 5.97 Å². The number of rotatable bonds is 8. The number of carboxylic acid groups (broad SMARTS) is 1. The molecule has 0 amide bonds. The van der Waals surface area contributed by atoms with E-state index in [0.717, 1.165) is 25.7 Å². The molecule has 5 nitrogen and oxygen atoms in total. The van der Waals surface area contributed by atoms with Crippen LogP contribution in [-0.2, 0) is 9.53 Å². The van der Waals surface area contributed by atoms with E-state index >= 15 is 0 Å². The smallest absolute Gasteiger partial charge is 0.303 e. The van der Waals surface area contributed by atoms with Gasteiger partial charge in [0.25, 0.3) is 0 Å². The lowest BCUT2D eigenvalue weighted by molar-refractivity contribution is -0.137. The van der Waals surface area contributed by atoms with Gasteiger partial charge in [0.1, 0.15) is 6.10 Å². The van der Waals surface area contributed by atoms with E-state index in [9.17, 15) is 15.0 Å². The molecule has 2 rings (SSSR count). The first-order valence-electron chi connectivity index (χ1n) is 10.7. The molecule has 6 atom stereocenters. The number of hydrogen-bond acceptors (Lipinski definition) is 4. The Bertz CT molecular complexity index is 690. The highest BCUT2D eigenvalue weighted by Crippen LogP contribution is 2.49. The van der Waals surface area contributed by atoms with Crippen LogP contribution in [0.2, 0.25) is 0 Å². The molecule has 2 saturated carbocycles. The lowest BCUT2D eigenvalue weighted by Gasteiger charge is -2.16. The highest BCUT2D eigenvalue weighted by Gasteiger charge is 2.45. The summed E-state index contributed by atoms with van der Waals surface area (Å²) in [5, 5.41) is 29.3. The number of carbonyl (C=O) groups is 1. The molecule has 29 heavy (non-hydrogen) atoms. The van der Waals surface area contributed by atoms with E-state index in [-0.39, 0.29) is 18.3 Å². The topological polar surface area (TPSA) is 87.0 Å². The molecule has 3 N–H and O–H groups in total. The van der Waals surface area contributed by atoms with Gasteiger partial charge in [-0.15, -0.1) is 11.8 Å². The lowest BCUT2D eigenvalue weighted by atomic mass is 9.91. The standard InChI is InChI=1S/C24H34O5/c1-3-4-5-7-17(2)22(25)10-9-20-21-15-18(14-19(21)16-23(20)26)11-13-29-12-6-8-24(27)28/h11,17,19-23,25-26H,3,6-8,12-16H2,1-2H3,(H,27,28)/b18-11+/t17?,19-,20+,21-,22+,23+/m0/s1. The summed E-state index contributed by atoms with van der Waals surface area (Å²) >= 11 is 0. The van der Waals surface area contributed by atoms with Gasteiger partial charge in [-0.05, 0) is 37.5 Å². The summed E-state index contributed by atoms with van der Waals surface area (Å²) < 4.78 is 5.50. The molecule has 0 spiro atoms. The quantitative estimate of drug-likeness (QED) is 0.330. The molecule has 0 bridgehead atoms. The second-order valence-corrected chi connectivity index (χ2v) is 8.22. The van der Waals surface area contributed by atoms with Gasteiger partial charge in [-0.2, -0.15) is 0 Å². The van der Waals surface area contributed by atoms with Crippen LogP contribution in [0.15, 0.2) is 11.6 Å². The van der Waals surface area contributed by atoms with Crippen molar-refractivity contribution in [3.05, 3.63) is 11.6 Å². The van der Waals surface area contributed by atoms with Crippen LogP contribution in [0.4, 0.5) is 0 Å². The average molecular weight is 403 g/mol. The molecule has 0 radical (unpaired) electrons. The van der Waals surface area contributed by atoms with Gasteiger partial charge in [0.2, 0.25) is 0 Å². The maximum atomic E-state index is 10.5. The Kier molecular flexibility index (Phi) is 9.74. The Morgan fingerprint density at radius 1 is 1.34 bits per heavy atom. The molecule has 0 aromatic heterocycles. The predicted molar refractivity (Wildman–Crippen MR) is 112 cm³/mol. The van der Waals surface area contributed by atoms with Crippen LogP contribution in [0, 0.1) is 47.4 Å². The summed E-state index contributed by atoms with van der Waals surface area (Å²) in [5.74, 6) is 12.1. The van der Waals surface area contributed by atoms with Crippen LogP contribution < -0.4 is 0 Å². The van der Waals surface area contributed by atoms with Crippen LogP contribution in [0.1, 0.15) is 58.8 Å². The van der Waals surface area contributed by atoms with Gasteiger partial charge < -0.3 is 20.1 Å². The molecule has 1 unspecified atom stereocenters. The van der Waals surface area contributed by atoms with Gasteiger partial charge in [0.05, 0.1) is 12.7 Å². The number of hydrogen-bond donors (Lipinski definition) is 3. The van der Waals surface area contributed by atoms with E-state index < -0.39 is 18.2 Å². The molecule has 0 heterocycles. The molecule has 0 saturated heterocycles. The highest BCUT2D eigenvalue weighted by molar-refractivity contribution is 5.66. The van der Waals surface area contributed by atoms with E-state index in [1.165, 1.54) is 5.57 Å². The summed E-state index contributed by atoms with van der Waals surface area (Å²) in [7, 11) is 0. The molecule has 0 aromatic carbocycles. The number of ether oxygens (including phenoxy) is 1. The molecular formula is C24H34O5. The van der Waals surface area contributed by atoms with Crippen molar-refractivity contribution in [2.24, 2.45) is 23.7 Å². The number of allylic oxidation sites excluding steroid dienone is 1. The van der Waals surface area contributed by atoms with Crippen molar-refractivity contribution in [1.29, 1.82) is 0 Å². The van der Waals surface area contributed by atoms with E-state index in [0.29, 0.717) is 37.9 Å². The predicted octanol–water partition coefficient (Wildman–Crippen LogP) is 3.01. The summed E-state index contributed by atoms with van der Waals surface area (Å²) in [5.41, 5.74) is 1.33. The first-order chi connectivity index (χ1) is 13.9. The first kappa shape index (κ1) is 23.5. The summed E-state index contributed by atoms with van der Waals surface area (Å²) in [6.07, 6.45) is 5.69.